The fourth-order valence-electron chi connectivity index (χ4n) is 0.537. The van der Waals surface area contributed by atoms with E-state index in [1.807, 2.05) is 0 Å². The van der Waals surface area contributed by atoms with Crippen molar-refractivity contribution < 1.29 is 4.92 Å². The van der Waals surface area contributed by atoms with Gasteiger partial charge in [0, 0.05) is 22.0 Å². The molecule has 0 unspecified atom stereocenters. The summed E-state index contributed by atoms with van der Waals surface area (Å²) >= 11 is 2.97. The van der Waals surface area contributed by atoms with Gasteiger partial charge in [0.05, 0.1) is 5.69 Å². The molecule has 11 heavy (non-hydrogen) atoms. The van der Waals surface area contributed by atoms with Crippen molar-refractivity contribution in [3.8, 4) is 0 Å². The SMILES string of the molecule is Nc1ccc([N+](=O)[O-])nc1Br. The van der Waals surface area contributed by atoms with Crippen molar-refractivity contribution >= 4 is 27.4 Å². The number of hydrogen-bond acceptors (Lipinski definition) is 4. The molecule has 0 saturated carbocycles. The summed E-state index contributed by atoms with van der Waals surface area (Å²) in [5, 5.41) is 10.1. The van der Waals surface area contributed by atoms with Gasteiger partial charge in [-0.1, -0.05) is 0 Å². The van der Waals surface area contributed by atoms with E-state index in [0.717, 1.165) is 0 Å². The zero-order valence-electron chi connectivity index (χ0n) is 5.32. The Hall–Kier alpha value is -1.17. The molecule has 1 heterocycles. The lowest BCUT2D eigenvalue weighted by molar-refractivity contribution is -0.389. The summed E-state index contributed by atoms with van der Waals surface area (Å²) in [5.41, 5.74) is 5.74. The molecule has 1 aromatic rings. The van der Waals surface area contributed by atoms with E-state index in [1.54, 1.807) is 0 Å². The summed E-state index contributed by atoms with van der Waals surface area (Å²) in [5.74, 6) is -0.217. The molecule has 0 aromatic carbocycles. The van der Waals surface area contributed by atoms with Crippen LogP contribution < -0.4 is 5.73 Å². The number of nitrogen functional groups attached to an aromatic ring is 1. The van der Waals surface area contributed by atoms with Crippen LogP contribution in [0.1, 0.15) is 0 Å². The van der Waals surface area contributed by atoms with E-state index < -0.39 is 4.92 Å². The molecule has 0 aliphatic heterocycles. The van der Waals surface area contributed by atoms with Crippen molar-refractivity contribution in [2.75, 3.05) is 5.73 Å². The summed E-state index contributed by atoms with van der Waals surface area (Å²) in [7, 11) is 0. The zero-order valence-corrected chi connectivity index (χ0v) is 6.91. The summed E-state index contributed by atoms with van der Waals surface area (Å²) in [6.45, 7) is 0. The number of halogens is 1. The highest BCUT2D eigenvalue weighted by Crippen LogP contribution is 2.19. The number of nitrogens with two attached hydrogens (primary N) is 1. The van der Waals surface area contributed by atoms with Crippen LogP contribution in [0, 0.1) is 10.1 Å². The third kappa shape index (κ3) is 1.64. The highest BCUT2D eigenvalue weighted by Gasteiger charge is 2.09. The molecule has 0 spiro atoms. The minimum absolute atomic E-state index is 0.217. The molecule has 0 aliphatic rings. The quantitative estimate of drug-likeness (QED) is 0.438. The van der Waals surface area contributed by atoms with Crippen LogP contribution in [0.3, 0.4) is 0 Å². The van der Waals surface area contributed by atoms with Crippen molar-refractivity contribution in [1.29, 1.82) is 0 Å². The lowest BCUT2D eigenvalue weighted by Gasteiger charge is -1.93. The van der Waals surface area contributed by atoms with Crippen LogP contribution in [0.5, 0.6) is 0 Å². The smallest absolute Gasteiger partial charge is 0.364 e. The van der Waals surface area contributed by atoms with Crippen molar-refractivity contribution in [1.82, 2.24) is 4.98 Å². The van der Waals surface area contributed by atoms with Gasteiger partial charge in [-0.05, 0) is 16.0 Å². The average Bonchev–Trinajstić information content (AvgIpc) is 1.94. The van der Waals surface area contributed by atoms with Gasteiger partial charge in [0.1, 0.15) is 0 Å². The Morgan fingerprint density at radius 1 is 1.64 bits per heavy atom. The minimum atomic E-state index is -0.579. The largest absolute Gasteiger partial charge is 0.395 e. The van der Waals surface area contributed by atoms with Gasteiger partial charge in [-0.3, -0.25) is 0 Å². The second kappa shape index (κ2) is 2.83. The van der Waals surface area contributed by atoms with Crippen LogP contribution in [0.25, 0.3) is 0 Å². The number of aromatic nitrogens is 1. The first-order valence-corrected chi connectivity index (χ1v) is 3.47. The summed E-state index contributed by atoms with van der Waals surface area (Å²) in [4.78, 5) is 13.1. The third-order valence-electron chi connectivity index (χ3n) is 1.05. The van der Waals surface area contributed by atoms with Crippen LogP contribution in [-0.2, 0) is 0 Å². The van der Waals surface area contributed by atoms with Gasteiger partial charge in [-0.25, -0.2) is 0 Å². The molecular formula is C5H4BrN3O2. The van der Waals surface area contributed by atoms with Crippen LogP contribution in [0.4, 0.5) is 11.5 Å². The van der Waals surface area contributed by atoms with E-state index in [4.69, 9.17) is 5.73 Å². The predicted octanol–water partition coefficient (Wildman–Crippen LogP) is 1.33. The number of anilines is 1. The Morgan fingerprint density at radius 3 is 2.73 bits per heavy atom. The van der Waals surface area contributed by atoms with Gasteiger partial charge >= 0.3 is 5.82 Å². The Balaban J connectivity index is 3.15. The van der Waals surface area contributed by atoms with E-state index >= 15 is 0 Å². The minimum Gasteiger partial charge on any atom is -0.395 e. The molecule has 0 radical (unpaired) electrons. The summed E-state index contributed by atoms with van der Waals surface area (Å²) in [6, 6.07) is 2.68. The van der Waals surface area contributed by atoms with Gasteiger partial charge in [0.2, 0.25) is 4.60 Å². The van der Waals surface area contributed by atoms with E-state index in [9.17, 15) is 10.1 Å². The molecule has 6 heteroatoms. The molecule has 0 atom stereocenters. The monoisotopic (exact) mass is 217 g/mol. The Kier molecular flexibility index (Phi) is 2.04. The molecular weight excluding hydrogens is 214 g/mol. The van der Waals surface area contributed by atoms with Gasteiger partial charge in [-0.2, -0.15) is 0 Å². The van der Waals surface area contributed by atoms with Crippen LogP contribution in [0.15, 0.2) is 16.7 Å². The molecule has 0 saturated heterocycles. The number of hydrogen-bond donors (Lipinski definition) is 1. The Morgan fingerprint density at radius 2 is 2.27 bits per heavy atom. The van der Waals surface area contributed by atoms with Crippen LogP contribution >= 0.6 is 15.9 Å². The van der Waals surface area contributed by atoms with Crippen LogP contribution in [-0.4, -0.2) is 9.91 Å². The van der Waals surface area contributed by atoms with E-state index in [2.05, 4.69) is 20.9 Å². The molecule has 0 fully saturated rings. The zero-order chi connectivity index (χ0) is 8.43. The van der Waals surface area contributed by atoms with Gasteiger partial charge in [-0.15, -0.1) is 0 Å². The van der Waals surface area contributed by atoms with Crippen LogP contribution in [0.2, 0.25) is 0 Å². The Bertz CT molecular complexity index is 302. The Labute approximate surface area is 70.5 Å². The van der Waals surface area contributed by atoms with Gasteiger partial charge in [0.25, 0.3) is 0 Å². The van der Waals surface area contributed by atoms with E-state index in [0.29, 0.717) is 10.3 Å². The number of pyridine rings is 1. The molecule has 2 N–H and O–H groups in total. The fraction of sp³-hybridized carbons (Fsp3) is 0. The fourth-order valence-corrected chi connectivity index (χ4v) is 0.851. The van der Waals surface area contributed by atoms with Crippen molar-refractivity contribution in [3.63, 3.8) is 0 Å². The maximum atomic E-state index is 10.1. The molecule has 5 nitrogen and oxygen atoms in total. The molecule has 0 amide bonds. The maximum absolute atomic E-state index is 10.1. The molecule has 0 bridgehead atoms. The first kappa shape index (κ1) is 7.93. The normalized spacial score (nSPS) is 9.55. The second-order valence-electron chi connectivity index (χ2n) is 1.81. The average molecular weight is 218 g/mol. The van der Waals surface area contributed by atoms with Crippen molar-refractivity contribution in [2.24, 2.45) is 0 Å². The van der Waals surface area contributed by atoms with Gasteiger partial charge in [0.15, 0.2) is 0 Å². The predicted molar refractivity (Wildman–Crippen MR) is 43.0 cm³/mol. The standard InChI is InChI=1S/C5H4BrN3O2/c6-5-3(7)1-2-4(8-5)9(10)11/h1-2H,7H2. The summed E-state index contributed by atoms with van der Waals surface area (Å²) < 4.78 is 0.298. The number of nitrogens with zero attached hydrogens (tertiary/aromatic N) is 2. The molecule has 0 aliphatic carbocycles. The number of rotatable bonds is 1. The first-order valence-electron chi connectivity index (χ1n) is 2.67. The highest BCUT2D eigenvalue weighted by atomic mass is 79.9. The highest BCUT2D eigenvalue weighted by molar-refractivity contribution is 9.10. The molecule has 1 rings (SSSR count). The second-order valence-corrected chi connectivity index (χ2v) is 2.56. The number of nitro groups is 1. The lowest BCUT2D eigenvalue weighted by Crippen LogP contribution is -1.95. The third-order valence-corrected chi connectivity index (χ3v) is 1.69. The van der Waals surface area contributed by atoms with Crippen molar-refractivity contribution in [2.45, 2.75) is 0 Å². The molecule has 58 valence electrons. The van der Waals surface area contributed by atoms with Gasteiger partial charge < -0.3 is 15.8 Å². The van der Waals surface area contributed by atoms with Crippen molar-refractivity contribution in [3.05, 3.63) is 26.9 Å². The summed E-state index contributed by atoms with van der Waals surface area (Å²) in [6.07, 6.45) is 0. The maximum Gasteiger partial charge on any atom is 0.364 e. The first-order chi connectivity index (χ1) is 5.11. The topological polar surface area (TPSA) is 82.0 Å². The lowest BCUT2D eigenvalue weighted by atomic mass is 10.4. The molecule has 1 aromatic heterocycles. The van der Waals surface area contributed by atoms with E-state index in [-0.39, 0.29) is 5.82 Å². The van der Waals surface area contributed by atoms with E-state index in [1.165, 1.54) is 12.1 Å².